The lowest BCUT2D eigenvalue weighted by atomic mass is 10.1. The average molecular weight is 231 g/mol. The number of rotatable bonds is 5. The number of nitrogens with one attached hydrogen (secondary N) is 1. The van der Waals surface area contributed by atoms with Crippen molar-refractivity contribution in [2.24, 2.45) is 13.0 Å². The first kappa shape index (κ1) is 12.1. The van der Waals surface area contributed by atoms with Gasteiger partial charge in [-0.05, 0) is 24.6 Å². The molecule has 0 amide bonds. The van der Waals surface area contributed by atoms with Crippen molar-refractivity contribution in [3.63, 3.8) is 0 Å². The standard InChI is InChI=1S/C14H21N3/c1-4-11(2)9-15-10-14-16-12-7-5-6-8-13(12)17(14)3/h5-8,11,15H,4,9-10H2,1-3H3. The first-order valence-corrected chi connectivity index (χ1v) is 6.33. The van der Waals surface area contributed by atoms with Crippen LogP contribution < -0.4 is 5.32 Å². The zero-order valence-corrected chi connectivity index (χ0v) is 10.9. The molecule has 0 radical (unpaired) electrons. The molecule has 3 heteroatoms. The molecule has 92 valence electrons. The molecule has 0 spiro atoms. The van der Waals surface area contributed by atoms with E-state index in [1.165, 1.54) is 11.9 Å². The second-order valence-corrected chi connectivity index (χ2v) is 4.72. The van der Waals surface area contributed by atoms with Gasteiger partial charge in [-0.25, -0.2) is 4.98 Å². The van der Waals surface area contributed by atoms with Gasteiger partial charge in [-0.15, -0.1) is 0 Å². The fourth-order valence-electron chi connectivity index (χ4n) is 1.93. The van der Waals surface area contributed by atoms with E-state index in [2.05, 4.69) is 54.0 Å². The number of benzene rings is 1. The van der Waals surface area contributed by atoms with Crippen LogP contribution in [0.3, 0.4) is 0 Å². The summed E-state index contributed by atoms with van der Waals surface area (Å²) >= 11 is 0. The van der Waals surface area contributed by atoms with Crippen LogP contribution in [0.1, 0.15) is 26.1 Å². The summed E-state index contributed by atoms with van der Waals surface area (Å²) < 4.78 is 2.17. The molecule has 1 heterocycles. The summed E-state index contributed by atoms with van der Waals surface area (Å²) in [6, 6.07) is 8.26. The maximum Gasteiger partial charge on any atom is 0.123 e. The molecule has 1 unspecified atom stereocenters. The molecule has 1 N–H and O–H groups in total. The van der Waals surface area contributed by atoms with Gasteiger partial charge in [-0.2, -0.15) is 0 Å². The highest BCUT2D eigenvalue weighted by Gasteiger charge is 2.06. The fraction of sp³-hybridized carbons (Fsp3) is 0.500. The Hall–Kier alpha value is -1.35. The summed E-state index contributed by atoms with van der Waals surface area (Å²) in [4.78, 5) is 4.64. The smallest absolute Gasteiger partial charge is 0.123 e. The number of aryl methyl sites for hydroxylation is 1. The molecule has 3 nitrogen and oxygen atoms in total. The predicted octanol–water partition coefficient (Wildman–Crippen LogP) is 2.71. The topological polar surface area (TPSA) is 29.9 Å². The molecule has 0 aliphatic carbocycles. The van der Waals surface area contributed by atoms with Crippen molar-refractivity contribution in [3.8, 4) is 0 Å². The zero-order chi connectivity index (χ0) is 12.3. The number of nitrogens with zero attached hydrogens (tertiary/aromatic N) is 2. The minimum atomic E-state index is 0.727. The van der Waals surface area contributed by atoms with E-state index in [0.717, 1.165) is 30.3 Å². The lowest BCUT2D eigenvalue weighted by molar-refractivity contribution is 0.491. The second kappa shape index (κ2) is 5.32. The lowest BCUT2D eigenvalue weighted by Crippen LogP contribution is -2.22. The molecule has 0 aliphatic heterocycles. The largest absolute Gasteiger partial charge is 0.330 e. The van der Waals surface area contributed by atoms with Crippen LogP contribution in [0.5, 0.6) is 0 Å². The number of hydrogen-bond donors (Lipinski definition) is 1. The maximum atomic E-state index is 4.64. The number of hydrogen-bond acceptors (Lipinski definition) is 2. The summed E-state index contributed by atoms with van der Waals surface area (Å²) in [5.41, 5.74) is 2.28. The van der Waals surface area contributed by atoms with Gasteiger partial charge in [0.15, 0.2) is 0 Å². The second-order valence-electron chi connectivity index (χ2n) is 4.72. The van der Waals surface area contributed by atoms with Crippen molar-refractivity contribution < 1.29 is 0 Å². The summed E-state index contributed by atoms with van der Waals surface area (Å²) in [6.07, 6.45) is 1.22. The highest BCUT2D eigenvalue weighted by molar-refractivity contribution is 5.75. The van der Waals surface area contributed by atoms with Gasteiger partial charge in [-0.1, -0.05) is 32.4 Å². The van der Waals surface area contributed by atoms with Crippen LogP contribution in [0.4, 0.5) is 0 Å². The number of para-hydroxylation sites is 2. The van der Waals surface area contributed by atoms with Crippen molar-refractivity contribution >= 4 is 11.0 Å². The Labute approximate surface area is 103 Å². The summed E-state index contributed by atoms with van der Waals surface area (Å²) in [5.74, 6) is 1.83. The highest BCUT2D eigenvalue weighted by atomic mass is 15.1. The minimum Gasteiger partial charge on any atom is -0.330 e. The Morgan fingerprint density at radius 3 is 2.82 bits per heavy atom. The van der Waals surface area contributed by atoms with Crippen LogP contribution in [0.25, 0.3) is 11.0 Å². The molecule has 0 saturated carbocycles. The SMILES string of the molecule is CCC(C)CNCc1nc2ccccc2n1C. The highest BCUT2D eigenvalue weighted by Crippen LogP contribution is 2.13. The summed E-state index contributed by atoms with van der Waals surface area (Å²) in [7, 11) is 2.08. The molecule has 0 saturated heterocycles. The third-order valence-corrected chi connectivity index (χ3v) is 3.35. The number of aromatic nitrogens is 2. The van der Waals surface area contributed by atoms with E-state index in [-0.39, 0.29) is 0 Å². The van der Waals surface area contributed by atoms with E-state index in [0.29, 0.717) is 0 Å². The van der Waals surface area contributed by atoms with Crippen LogP contribution in [0, 0.1) is 5.92 Å². The zero-order valence-electron chi connectivity index (χ0n) is 10.9. The Morgan fingerprint density at radius 2 is 2.12 bits per heavy atom. The van der Waals surface area contributed by atoms with Crippen LogP contribution >= 0.6 is 0 Å². The molecule has 0 aliphatic rings. The minimum absolute atomic E-state index is 0.727. The van der Waals surface area contributed by atoms with E-state index in [1.54, 1.807) is 0 Å². The Bertz CT molecular complexity index is 487. The summed E-state index contributed by atoms with van der Waals surface area (Å²) in [5, 5.41) is 3.47. The van der Waals surface area contributed by atoms with Crippen LogP contribution in [0.15, 0.2) is 24.3 Å². The van der Waals surface area contributed by atoms with Gasteiger partial charge in [0.2, 0.25) is 0 Å². The van der Waals surface area contributed by atoms with Gasteiger partial charge in [0.05, 0.1) is 17.6 Å². The molecule has 2 aromatic rings. The van der Waals surface area contributed by atoms with Crippen LogP contribution in [-0.4, -0.2) is 16.1 Å². The van der Waals surface area contributed by atoms with E-state index in [9.17, 15) is 0 Å². The lowest BCUT2D eigenvalue weighted by Gasteiger charge is -2.09. The van der Waals surface area contributed by atoms with Gasteiger partial charge in [0, 0.05) is 7.05 Å². The molecule has 0 fully saturated rings. The molecule has 17 heavy (non-hydrogen) atoms. The predicted molar refractivity (Wildman–Crippen MR) is 71.9 cm³/mol. The molecule has 1 aromatic carbocycles. The number of fused-ring (bicyclic) bond motifs is 1. The molecule has 1 atom stereocenters. The van der Waals surface area contributed by atoms with E-state index >= 15 is 0 Å². The van der Waals surface area contributed by atoms with Crippen LogP contribution in [0.2, 0.25) is 0 Å². The van der Waals surface area contributed by atoms with Crippen molar-refractivity contribution in [2.45, 2.75) is 26.8 Å². The van der Waals surface area contributed by atoms with E-state index < -0.39 is 0 Å². The van der Waals surface area contributed by atoms with Gasteiger partial charge in [-0.3, -0.25) is 0 Å². The Morgan fingerprint density at radius 1 is 1.35 bits per heavy atom. The van der Waals surface area contributed by atoms with E-state index in [4.69, 9.17) is 0 Å². The normalized spacial score (nSPS) is 13.1. The fourth-order valence-corrected chi connectivity index (χ4v) is 1.93. The number of imidazole rings is 1. The first-order valence-electron chi connectivity index (χ1n) is 6.33. The Kier molecular flexibility index (Phi) is 3.79. The quantitative estimate of drug-likeness (QED) is 0.857. The van der Waals surface area contributed by atoms with Gasteiger partial charge >= 0.3 is 0 Å². The molecular formula is C14H21N3. The van der Waals surface area contributed by atoms with Crippen molar-refractivity contribution in [1.82, 2.24) is 14.9 Å². The third kappa shape index (κ3) is 2.67. The van der Waals surface area contributed by atoms with E-state index in [1.807, 2.05) is 6.07 Å². The molecular weight excluding hydrogens is 210 g/mol. The van der Waals surface area contributed by atoms with Gasteiger partial charge in [0.25, 0.3) is 0 Å². The summed E-state index contributed by atoms with van der Waals surface area (Å²) in [6.45, 7) is 6.39. The van der Waals surface area contributed by atoms with Crippen molar-refractivity contribution in [2.75, 3.05) is 6.54 Å². The first-order chi connectivity index (χ1) is 8.22. The van der Waals surface area contributed by atoms with Crippen molar-refractivity contribution in [3.05, 3.63) is 30.1 Å². The molecule has 0 bridgehead atoms. The Balaban J connectivity index is 2.06. The maximum absolute atomic E-state index is 4.64. The van der Waals surface area contributed by atoms with Gasteiger partial charge in [0.1, 0.15) is 5.82 Å². The third-order valence-electron chi connectivity index (χ3n) is 3.35. The average Bonchev–Trinajstić information content (AvgIpc) is 2.67. The monoisotopic (exact) mass is 231 g/mol. The molecule has 2 rings (SSSR count). The molecule has 1 aromatic heterocycles. The van der Waals surface area contributed by atoms with Gasteiger partial charge < -0.3 is 9.88 Å². The van der Waals surface area contributed by atoms with Crippen molar-refractivity contribution in [1.29, 1.82) is 0 Å². The van der Waals surface area contributed by atoms with Crippen LogP contribution in [-0.2, 0) is 13.6 Å².